The largest absolute Gasteiger partial charge is 0.350 e. The van der Waals surface area contributed by atoms with E-state index in [0.29, 0.717) is 17.9 Å². The summed E-state index contributed by atoms with van der Waals surface area (Å²) in [6, 6.07) is 7.52. The summed E-state index contributed by atoms with van der Waals surface area (Å²) >= 11 is 5.90. The van der Waals surface area contributed by atoms with Gasteiger partial charge in [-0.05, 0) is 38.0 Å². The van der Waals surface area contributed by atoms with Crippen molar-refractivity contribution in [1.29, 1.82) is 0 Å². The number of rotatable bonds is 5. The van der Waals surface area contributed by atoms with Gasteiger partial charge in [0.15, 0.2) is 0 Å². The fourth-order valence-electron chi connectivity index (χ4n) is 1.53. The molecule has 0 saturated carbocycles. The zero-order valence-corrected chi connectivity index (χ0v) is 12.2. The Hall–Kier alpha value is -0.770. The lowest BCUT2D eigenvalue weighted by molar-refractivity contribution is -0.121. The van der Waals surface area contributed by atoms with Gasteiger partial charge in [0, 0.05) is 17.5 Å². The molecule has 2 unspecified atom stereocenters. The highest BCUT2D eigenvalue weighted by atomic mass is 35.5. The second-order valence-electron chi connectivity index (χ2n) is 4.36. The van der Waals surface area contributed by atoms with Gasteiger partial charge in [0.25, 0.3) is 0 Å². The van der Waals surface area contributed by atoms with Crippen LogP contribution in [0.5, 0.6) is 0 Å². The molecule has 1 amide bonds. The Balaban J connectivity index is 0.00000289. The van der Waals surface area contributed by atoms with E-state index in [4.69, 9.17) is 17.3 Å². The molecule has 5 heteroatoms. The summed E-state index contributed by atoms with van der Waals surface area (Å²) in [6.45, 7) is 3.84. The van der Waals surface area contributed by atoms with Gasteiger partial charge in [0.1, 0.15) is 0 Å². The monoisotopic (exact) mass is 290 g/mol. The van der Waals surface area contributed by atoms with Crippen molar-refractivity contribution in [3.63, 3.8) is 0 Å². The Kier molecular flexibility index (Phi) is 8.00. The van der Waals surface area contributed by atoms with Gasteiger partial charge in [0.2, 0.25) is 5.91 Å². The van der Waals surface area contributed by atoms with E-state index in [2.05, 4.69) is 5.32 Å². The standard InChI is InChI=1S/C13H19ClN2O.ClH/c1-9(15)6-7-13(17)16-10(2)11-4-3-5-12(14)8-11;/h3-5,8-10H,6-7,15H2,1-2H3,(H,16,17);1H. The van der Waals surface area contributed by atoms with Crippen molar-refractivity contribution in [2.75, 3.05) is 0 Å². The van der Waals surface area contributed by atoms with Crippen LogP contribution in [0, 0.1) is 0 Å². The Morgan fingerprint density at radius 1 is 1.44 bits per heavy atom. The highest BCUT2D eigenvalue weighted by Crippen LogP contribution is 2.17. The first-order chi connectivity index (χ1) is 7.99. The molecule has 0 aliphatic carbocycles. The number of halogens is 2. The molecule has 0 spiro atoms. The fraction of sp³-hybridized carbons (Fsp3) is 0.462. The molecule has 0 bridgehead atoms. The smallest absolute Gasteiger partial charge is 0.220 e. The molecule has 1 aromatic rings. The van der Waals surface area contributed by atoms with Crippen LogP contribution in [0.4, 0.5) is 0 Å². The minimum atomic E-state index is -0.0331. The molecule has 18 heavy (non-hydrogen) atoms. The van der Waals surface area contributed by atoms with Crippen LogP contribution in [-0.2, 0) is 4.79 Å². The van der Waals surface area contributed by atoms with Crippen molar-refractivity contribution in [3.8, 4) is 0 Å². The van der Waals surface area contributed by atoms with Crippen LogP contribution in [0.15, 0.2) is 24.3 Å². The number of hydrogen-bond donors (Lipinski definition) is 2. The molecule has 0 aliphatic heterocycles. The van der Waals surface area contributed by atoms with Crippen molar-refractivity contribution >= 4 is 29.9 Å². The summed E-state index contributed by atoms with van der Waals surface area (Å²) in [7, 11) is 0. The highest BCUT2D eigenvalue weighted by Gasteiger charge is 2.10. The lowest BCUT2D eigenvalue weighted by atomic mass is 10.1. The predicted molar refractivity (Wildman–Crippen MR) is 78.1 cm³/mol. The number of nitrogens with two attached hydrogens (primary N) is 1. The van der Waals surface area contributed by atoms with Gasteiger partial charge >= 0.3 is 0 Å². The lowest BCUT2D eigenvalue weighted by Crippen LogP contribution is -2.28. The molecule has 1 aromatic carbocycles. The van der Waals surface area contributed by atoms with E-state index < -0.39 is 0 Å². The first-order valence-electron chi connectivity index (χ1n) is 5.79. The molecule has 102 valence electrons. The van der Waals surface area contributed by atoms with E-state index in [0.717, 1.165) is 5.56 Å². The van der Waals surface area contributed by atoms with Crippen LogP contribution in [0.2, 0.25) is 5.02 Å². The van der Waals surface area contributed by atoms with Gasteiger partial charge in [-0.2, -0.15) is 0 Å². The average Bonchev–Trinajstić information content (AvgIpc) is 2.26. The number of benzene rings is 1. The molecule has 0 saturated heterocycles. The van der Waals surface area contributed by atoms with Crippen LogP contribution in [0.1, 0.15) is 38.3 Å². The van der Waals surface area contributed by atoms with Gasteiger partial charge in [-0.1, -0.05) is 23.7 Å². The molecule has 0 aromatic heterocycles. The van der Waals surface area contributed by atoms with E-state index in [1.807, 2.05) is 38.1 Å². The summed E-state index contributed by atoms with van der Waals surface area (Å²) in [5.74, 6) is 0.0229. The van der Waals surface area contributed by atoms with Crippen molar-refractivity contribution in [1.82, 2.24) is 5.32 Å². The predicted octanol–water partition coefficient (Wildman–Crippen LogP) is 3.07. The third kappa shape index (κ3) is 6.24. The zero-order valence-electron chi connectivity index (χ0n) is 10.7. The third-order valence-electron chi connectivity index (χ3n) is 2.55. The maximum atomic E-state index is 11.6. The minimum absolute atomic E-state index is 0. The summed E-state index contributed by atoms with van der Waals surface area (Å²) in [4.78, 5) is 11.6. The number of hydrogen-bond acceptors (Lipinski definition) is 2. The molecular weight excluding hydrogens is 271 g/mol. The van der Waals surface area contributed by atoms with Crippen LogP contribution >= 0.6 is 24.0 Å². The Bertz CT molecular complexity index is 383. The molecule has 3 N–H and O–H groups in total. The summed E-state index contributed by atoms with van der Waals surface area (Å²) in [5, 5.41) is 3.61. The SMILES string of the molecule is CC(N)CCC(=O)NC(C)c1cccc(Cl)c1.Cl. The quantitative estimate of drug-likeness (QED) is 0.876. The normalized spacial score (nSPS) is 13.3. The zero-order chi connectivity index (χ0) is 12.8. The average molecular weight is 291 g/mol. The first kappa shape index (κ1) is 17.2. The Morgan fingerprint density at radius 3 is 2.67 bits per heavy atom. The third-order valence-corrected chi connectivity index (χ3v) is 2.79. The second kappa shape index (κ2) is 8.35. The highest BCUT2D eigenvalue weighted by molar-refractivity contribution is 6.30. The summed E-state index contributed by atoms with van der Waals surface area (Å²) in [6.07, 6.45) is 1.16. The van der Waals surface area contributed by atoms with Gasteiger partial charge in [-0.3, -0.25) is 4.79 Å². The fourth-order valence-corrected chi connectivity index (χ4v) is 1.73. The van der Waals surface area contributed by atoms with E-state index in [-0.39, 0.29) is 30.4 Å². The van der Waals surface area contributed by atoms with Crippen molar-refractivity contribution in [3.05, 3.63) is 34.9 Å². The Morgan fingerprint density at radius 2 is 2.11 bits per heavy atom. The second-order valence-corrected chi connectivity index (χ2v) is 4.80. The van der Waals surface area contributed by atoms with Crippen LogP contribution < -0.4 is 11.1 Å². The van der Waals surface area contributed by atoms with Gasteiger partial charge in [0.05, 0.1) is 6.04 Å². The molecule has 2 atom stereocenters. The molecule has 3 nitrogen and oxygen atoms in total. The van der Waals surface area contributed by atoms with E-state index in [1.54, 1.807) is 0 Å². The van der Waals surface area contributed by atoms with Crippen LogP contribution in [-0.4, -0.2) is 11.9 Å². The molecule has 0 heterocycles. The van der Waals surface area contributed by atoms with Gasteiger partial charge < -0.3 is 11.1 Å². The Labute approximate surface area is 119 Å². The maximum absolute atomic E-state index is 11.6. The molecule has 1 rings (SSSR count). The molecule has 0 radical (unpaired) electrons. The molecule has 0 aliphatic rings. The van der Waals surface area contributed by atoms with E-state index >= 15 is 0 Å². The van der Waals surface area contributed by atoms with Crippen LogP contribution in [0.3, 0.4) is 0 Å². The lowest BCUT2D eigenvalue weighted by Gasteiger charge is -2.15. The number of carbonyl (C=O) groups excluding carboxylic acids is 1. The van der Waals surface area contributed by atoms with Gasteiger partial charge in [-0.15, -0.1) is 12.4 Å². The summed E-state index contributed by atoms with van der Waals surface area (Å²) in [5.41, 5.74) is 6.61. The van der Waals surface area contributed by atoms with E-state index in [9.17, 15) is 4.79 Å². The topological polar surface area (TPSA) is 55.1 Å². The molecular formula is C13H20Cl2N2O. The van der Waals surface area contributed by atoms with Crippen molar-refractivity contribution < 1.29 is 4.79 Å². The van der Waals surface area contributed by atoms with E-state index in [1.165, 1.54) is 0 Å². The number of amides is 1. The first-order valence-corrected chi connectivity index (χ1v) is 6.17. The summed E-state index contributed by atoms with van der Waals surface area (Å²) < 4.78 is 0. The maximum Gasteiger partial charge on any atom is 0.220 e. The van der Waals surface area contributed by atoms with Gasteiger partial charge in [-0.25, -0.2) is 0 Å². The number of nitrogens with one attached hydrogen (secondary N) is 1. The van der Waals surface area contributed by atoms with Crippen molar-refractivity contribution in [2.24, 2.45) is 5.73 Å². The molecule has 0 fully saturated rings. The number of carbonyl (C=O) groups is 1. The van der Waals surface area contributed by atoms with Crippen molar-refractivity contribution in [2.45, 2.75) is 38.8 Å². The minimum Gasteiger partial charge on any atom is -0.350 e. The van der Waals surface area contributed by atoms with Crippen LogP contribution in [0.25, 0.3) is 0 Å².